The minimum absolute atomic E-state index is 0.151. The van der Waals surface area contributed by atoms with Crippen LogP contribution in [0.25, 0.3) is 0 Å². The van der Waals surface area contributed by atoms with Gasteiger partial charge in [-0.05, 0) is 47.4 Å². The number of morpholine rings is 1. The van der Waals surface area contributed by atoms with E-state index in [9.17, 15) is 4.79 Å². The van der Waals surface area contributed by atoms with Gasteiger partial charge >= 0.3 is 6.09 Å². The third-order valence-electron chi connectivity index (χ3n) is 10.2. The van der Waals surface area contributed by atoms with Gasteiger partial charge in [0.2, 0.25) is 0 Å². The minimum Gasteiger partial charge on any atom is -0.494 e. The predicted octanol–water partition coefficient (Wildman–Crippen LogP) is 5.38. The number of anilines is 1. The van der Waals surface area contributed by atoms with Gasteiger partial charge < -0.3 is 47.7 Å². The van der Waals surface area contributed by atoms with Crippen molar-refractivity contribution in [3.05, 3.63) is 89.5 Å². The summed E-state index contributed by atoms with van der Waals surface area (Å²) in [6.07, 6.45) is 0.641. The zero-order valence-corrected chi connectivity index (χ0v) is 31.9. The van der Waals surface area contributed by atoms with Gasteiger partial charge in [0, 0.05) is 66.0 Å². The molecule has 2 saturated heterocycles. The lowest BCUT2D eigenvalue weighted by Crippen LogP contribution is -2.55. The Morgan fingerprint density at radius 2 is 1.50 bits per heavy atom. The summed E-state index contributed by atoms with van der Waals surface area (Å²) in [6.45, 7) is 10.1. The number of hydrogen-bond donors (Lipinski definition) is 0. The Morgan fingerprint density at radius 1 is 0.741 bits per heavy atom. The lowest BCUT2D eigenvalue weighted by atomic mass is 9.84. The zero-order valence-electron chi connectivity index (χ0n) is 31.9. The van der Waals surface area contributed by atoms with Crippen LogP contribution in [-0.2, 0) is 41.6 Å². The summed E-state index contributed by atoms with van der Waals surface area (Å²) in [5, 5.41) is 0. The van der Waals surface area contributed by atoms with Gasteiger partial charge in [0.05, 0.1) is 70.6 Å². The van der Waals surface area contributed by atoms with E-state index < -0.39 is 0 Å². The second-order valence-electron chi connectivity index (χ2n) is 13.9. The van der Waals surface area contributed by atoms with E-state index in [1.165, 1.54) is 0 Å². The number of nitrogens with zero attached hydrogens (tertiary/aromatic N) is 3. The Labute approximate surface area is 320 Å². The van der Waals surface area contributed by atoms with Gasteiger partial charge in [-0.1, -0.05) is 48.5 Å². The molecule has 54 heavy (non-hydrogen) atoms. The van der Waals surface area contributed by atoms with Gasteiger partial charge in [0.15, 0.2) is 0 Å². The van der Waals surface area contributed by atoms with Gasteiger partial charge in [-0.3, -0.25) is 4.90 Å². The highest BCUT2D eigenvalue weighted by molar-refractivity contribution is 5.68. The molecule has 294 valence electrons. The number of likely N-dealkylation sites (tertiary alicyclic amines) is 1. The number of hydrogen-bond acceptors (Lipinski definition) is 11. The summed E-state index contributed by atoms with van der Waals surface area (Å²) in [6, 6.07) is 24.2. The van der Waals surface area contributed by atoms with Crippen molar-refractivity contribution in [2.75, 3.05) is 111 Å². The third-order valence-corrected chi connectivity index (χ3v) is 10.2. The highest BCUT2D eigenvalue weighted by Crippen LogP contribution is 2.36. The molecule has 3 aromatic carbocycles. The summed E-state index contributed by atoms with van der Waals surface area (Å²) in [4.78, 5) is 20.2. The van der Waals surface area contributed by atoms with Crippen LogP contribution < -0.4 is 14.4 Å². The highest BCUT2D eigenvalue weighted by atomic mass is 16.6. The standard InChI is InChI=1S/C42H57N3O9/c1-47-21-6-16-44-20-27-51-38-15-10-34(28-37(38)44)32-53-40-30-45(42(46)54-31-33-8-4-3-5-9-33)29-39(52-26-19-43-17-24-49-25-18-43)41(40)35-11-13-36(14-12-35)50-23-7-22-48-2/h3-5,8-15,28,39-41H,6-7,16-27,29-32H2,1-2H3/t39-,40+,41+/m1/s1. The van der Waals surface area contributed by atoms with E-state index in [1.807, 2.05) is 48.5 Å². The van der Waals surface area contributed by atoms with Crippen LogP contribution in [0.15, 0.2) is 72.8 Å². The van der Waals surface area contributed by atoms with Crippen molar-refractivity contribution >= 4 is 11.8 Å². The largest absolute Gasteiger partial charge is 0.494 e. The molecular formula is C42H57N3O9. The van der Waals surface area contributed by atoms with Gasteiger partial charge in [-0.2, -0.15) is 0 Å². The van der Waals surface area contributed by atoms with E-state index in [0.29, 0.717) is 52.7 Å². The first-order valence-electron chi connectivity index (χ1n) is 19.3. The van der Waals surface area contributed by atoms with Crippen LogP contribution in [0.1, 0.15) is 35.4 Å². The van der Waals surface area contributed by atoms with Gasteiger partial charge in [0.25, 0.3) is 0 Å². The molecule has 12 nitrogen and oxygen atoms in total. The number of fused-ring (bicyclic) bond motifs is 1. The van der Waals surface area contributed by atoms with Gasteiger partial charge in [-0.25, -0.2) is 4.79 Å². The normalized spacial score (nSPS) is 20.3. The summed E-state index contributed by atoms with van der Waals surface area (Å²) in [5.41, 5.74) is 4.10. The Kier molecular flexibility index (Phi) is 15.7. The summed E-state index contributed by atoms with van der Waals surface area (Å²) in [5.74, 6) is 1.52. The van der Waals surface area contributed by atoms with E-state index in [2.05, 4.69) is 34.1 Å². The van der Waals surface area contributed by atoms with E-state index in [4.69, 9.17) is 37.9 Å². The number of carbonyl (C=O) groups is 1. The maximum absolute atomic E-state index is 13.7. The minimum atomic E-state index is -0.384. The van der Waals surface area contributed by atoms with Crippen molar-refractivity contribution < 1.29 is 42.7 Å². The molecule has 0 aromatic heterocycles. The Morgan fingerprint density at radius 3 is 2.28 bits per heavy atom. The number of benzene rings is 3. The van der Waals surface area contributed by atoms with Crippen LogP contribution in [0.2, 0.25) is 0 Å². The second kappa shape index (κ2) is 21.3. The molecule has 3 heterocycles. The fourth-order valence-corrected chi connectivity index (χ4v) is 7.26. The lowest BCUT2D eigenvalue weighted by Gasteiger charge is -2.43. The van der Waals surface area contributed by atoms with Crippen LogP contribution in [0.3, 0.4) is 0 Å². The van der Waals surface area contributed by atoms with Crippen LogP contribution in [-0.4, -0.2) is 134 Å². The van der Waals surface area contributed by atoms with Crippen molar-refractivity contribution in [2.24, 2.45) is 0 Å². The fourth-order valence-electron chi connectivity index (χ4n) is 7.26. The molecule has 3 aliphatic rings. The van der Waals surface area contributed by atoms with Crippen LogP contribution >= 0.6 is 0 Å². The summed E-state index contributed by atoms with van der Waals surface area (Å²) < 4.78 is 47.5. The molecule has 6 rings (SSSR count). The second-order valence-corrected chi connectivity index (χ2v) is 13.9. The number of rotatable bonds is 19. The predicted molar refractivity (Wildman–Crippen MR) is 206 cm³/mol. The number of carbonyl (C=O) groups excluding carboxylic acids is 1. The van der Waals surface area contributed by atoms with Crippen molar-refractivity contribution in [1.29, 1.82) is 0 Å². The van der Waals surface area contributed by atoms with E-state index >= 15 is 0 Å². The molecule has 0 unspecified atom stereocenters. The average molecular weight is 748 g/mol. The lowest BCUT2D eigenvalue weighted by molar-refractivity contribution is -0.0954. The number of amides is 1. The zero-order chi connectivity index (χ0) is 37.4. The van der Waals surface area contributed by atoms with Crippen molar-refractivity contribution in [2.45, 2.75) is 44.2 Å². The van der Waals surface area contributed by atoms with E-state index in [-0.39, 0.29) is 30.8 Å². The van der Waals surface area contributed by atoms with Crippen LogP contribution in [0.4, 0.5) is 10.5 Å². The monoisotopic (exact) mass is 747 g/mol. The van der Waals surface area contributed by atoms with Crippen LogP contribution in [0, 0.1) is 0 Å². The number of methoxy groups -OCH3 is 2. The molecule has 3 aromatic rings. The summed E-state index contributed by atoms with van der Waals surface area (Å²) >= 11 is 0. The molecule has 3 aliphatic heterocycles. The Hall–Kier alpha value is -3.91. The number of piperidine rings is 1. The smallest absolute Gasteiger partial charge is 0.410 e. The first kappa shape index (κ1) is 39.8. The Bertz CT molecular complexity index is 1540. The molecule has 0 spiro atoms. The molecule has 12 heteroatoms. The summed E-state index contributed by atoms with van der Waals surface area (Å²) in [7, 11) is 3.43. The first-order valence-corrected chi connectivity index (χ1v) is 19.3. The molecular weight excluding hydrogens is 690 g/mol. The number of ether oxygens (including phenoxy) is 8. The quantitative estimate of drug-likeness (QED) is 0.148. The molecule has 0 N–H and O–H groups in total. The molecule has 0 bridgehead atoms. The molecule has 1 amide bonds. The van der Waals surface area contributed by atoms with Crippen molar-refractivity contribution in [1.82, 2.24) is 9.80 Å². The third kappa shape index (κ3) is 11.5. The first-order chi connectivity index (χ1) is 26.6. The van der Waals surface area contributed by atoms with Gasteiger partial charge in [-0.15, -0.1) is 0 Å². The molecule has 0 aliphatic carbocycles. The van der Waals surface area contributed by atoms with Gasteiger partial charge in [0.1, 0.15) is 24.7 Å². The maximum Gasteiger partial charge on any atom is 0.410 e. The van der Waals surface area contributed by atoms with Crippen LogP contribution in [0.5, 0.6) is 11.5 Å². The Balaban J connectivity index is 1.22. The maximum atomic E-state index is 13.7. The highest BCUT2D eigenvalue weighted by Gasteiger charge is 2.42. The molecule has 0 radical (unpaired) electrons. The van der Waals surface area contributed by atoms with E-state index in [1.54, 1.807) is 19.1 Å². The molecule has 3 atom stereocenters. The van der Waals surface area contributed by atoms with E-state index in [0.717, 1.165) is 92.7 Å². The topological polar surface area (TPSA) is 101 Å². The molecule has 0 saturated carbocycles. The average Bonchev–Trinajstić information content (AvgIpc) is 3.22. The van der Waals surface area contributed by atoms with Crippen molar-refractivity contribution in [3.8, 4) is 11.5 Å². The SMILES string of the molecule is COCCCOc1ccc([C@@H]2[C@@H](OCc3ccc4c(c3)N(CCCOC)CCO4)CN(C(=O)OCc3ccccc3)C[C@H]2OCCN2CCOCC2)cc1. The van der Waals surface area contributed by atoms with Crippen molar-refractivity contribution in [3.63, 3.8) is 0 Å². The fraction of sp³-hybridized carbons (Fsp3) is 0.548. The molecule has 2 fully saturated rings.